The van der Waals surface area contributed by atoms with Gasteiger partial charge in [-0.25, -0.2) is 13.5 Å². The average molecular weight is 295 g/mol. The van der Waals surface area contributed by atoms with E-state index in [4.69, 9.17) is 5.73 Å². The van der Waals surface area contributed by atoms with Gasteiger partial charge >= 0.3 is 0 Å². The molecule has 0 saturated heterocycles. The van der Waals surface area contributed by atoms with Crippen LogP contribution in [0, 0.1) is 17.6 Å². The van der Waals surface area contributed by atoms with Crippen LogP contribution >= 0.6 is 0 Å². The molecule has 21 heavy (non-hydrogen) atoms. The summed E-state index contributed by atoms with van der Waals surface area (Å²) >= 11 is 0. The second kappa shape index (κ2) is 5.71. The Morgan fingerprint density at radius 1 is 1.29 bits per heavy atom. The van der Waals surface area contributed by atoms with Gasteiger partial charge in [0.05, 0.1) is 5.69 Å². The Balaban J connectivity index is 2.71. The van der Waals surface area contributed by atoms with Crippen LogP contribution in [0.5, 0.6) is 0 Å². The van der Waals surface area contributed by atoms with Gasteiger partial charge in [-0.1, -0.05) is 13.8 Å². The van der Waals surface area contributed by atoms with E-state index in [1.807, 2.05) is 20.8 Å². The summed E-state index contributed by atoms with van der Waals surface area (Å²) in [6, 6.07) is 3.13. The first-order valence-corrected chi connectivity index (χ1v) is 6.92. The zero-order chi connectivity index (χ0) is 15.7. The summed E-state index contributed by atoms with van der Waals surface area (Å²) in [5.74, 6) is -1.17. The summed E-state index contributed by atoms with van der Waals surface area (Å²) in [6.07, 6.45) is 0.616. The molecule has 2 N–H and O–H groups in total. The number of hydrogen-bond acceptors (Lipinski definition) is 2. The SMILES string of the molecule is CCn1c(CC(C)C)c(N)c(=O)n1-c1ccc(F)cc1F. The van der Waals surface area contributed by atoms with Crippen molar-refractivity contribution in [3.63, 3.8) is 0 Å². The molecular weight excluding hydrogens is 276 g/mol. The van der Waals surface area contributed by atoms with Gasteiger partial charge < -0.3 is 5.73 Å². The van der Waals surface area contributed by atoms with Gasteiger partial charge in [-0.3, -0.25) is 9.48 Å². The molecule has 1 aromatic heterocycles. The quantitative estimate of drug-likeness (QED) is 0.943. The summed E-state index contributed by atoms with van der Waals surface area (Å²) in [6.45, 7) is 6.34. The van der Waals surface area contributed by atoms with E-state index in [-0.39, 0.29) is 11.4 Å². The molecule has 0 aliphatic rings. The Morgan fingerprint density at radius 3 is 2.48 bits per heavy atom. The molecule has 1 heterocycles. The van der Waals surface area contributed by atoms with E-state index in [0.29, 0.717) is 24.6 Å². The zero-order valence-corrected chi connectivity index (χ0v) is 12.4. The number of nitrogens with zero attached hydrogens (tertiary/aromatic N) is 2. The molecule has 0 spiro atoms. The number of benzene rings is 1. The van der Waals surface area contributed by atoms with Crippen molar-refractivity contribution in [2.45, 2.75) is 33.7 Å². The molecule has 0 atom stereocenters. The highest BCUT2D eigenvalue weighted by atomic mass is 19.1. The maximum absolute atomic E-state index is 14.0. The van der Waals surface area contributed by atoms with Crippen LogP contribution in [0.4, 0.5) is 14.5 Å². The lowest BCUT2D eigenvalue weighted by molar-refractivity contribution is 0.501. The summed E-state index contributed by atoms with van der Waals surface area (Å²) in [5, 5.41) is 0. The Morgan fingerprint density at radius 2 is 1.95 bits per heavy atom. The van der Waals surface area contributed by atoms with E-state index in [1.165, 1.54) is 10.7 Å². The van der Waals surface area contributed by atoms with Gasteiger partial charge in [-0.2, -0.15) is 0 Å². The van der Waals surface area contributed by atoms with E-state index in [9.17, 15) is 13.6 Å². The van der Waals surface area contributed by atoms with E-state index < -0.39 is 17.2 Å². The third kappa shape index (κ3) is 2.70. The number of aromatic nitrogens is 2. The molecule has 0 unspecified atom stereocenters. The van der Waals surface area contributed by atoms with Crippen LogP contribution in [0.2, 0.25) is 0 Å². The molecule has 4 nitrogen and oxygen atoms in total. The van der Waals surface area contributed by atoms with Crippen LogP contribution in [-0.4, -0.2) is 9.36 Å². The molecule has 2 rings (SSSR count). The molecule has 0 amide bonds. The van der Waals surface area contributed by atoms with Gasteiger partial charge in [-0.15, -0.1) is 0 Å². The van der Waals surface area contributed by atoms with Crippen LogP contribution in [-0.2, 0) is 13.0 Å². The van der Waals surface area contributed by atoms with Crippen LogP contribution < -0.4 is 11.3 Å². The molecule has 6 heteroatoms. The summed E-state index contributed by atoms with van der Waals surface area (Å²) < 4.78 is 29.9. The minimum Gasteiger partial charge on any atom is -0.393 e. The Bertz CT molecular complexity index is 716. The maximum atomic E-state index is 14.0. The van der Waals surface area contributed by atoms with Crippen molar-refractivity contribution in [1.82, 2.24) is 9.36 Å². The predicted molar refractivity (Wildman–Crippen MR) is 78.6 cm³/mol. The molecule has 0 radical (unpaired) electrons. The maximum Gasteiger partial charge on any atom is 0.294 e. The number of nitrogens with two attached hydrogens (primary N) is 1. The molecule has 0 bridgehead atoms. The second-order valence-corrected chi connectivity index (χ2v) is 5.39. The average Bonchev–Trinajstić information content (AvgIpc) is 2.63. The second-order valence-electron chi connectivity index (χ2n) is 5.39. The fourth-order valence-electron chi connectivity index (χ4n) is 2.43. The lowest BCUT2D eigenvalue weighted by atomic mass is 10.1. The van der Waals surface area contributed by atoms with E-state index in [0.717, 1.165) is 12.1 Å². The first-order chi connectivity index (χ1) is 9.86. The third-order valence-corrected chi connectivity index (χ3v) is 3.33. The summed E-state index contributed by atoms with van der Waals surface area (Å²) in [5.41, 5.74) is 6.23. The molecular formula is C15H19F2N3O. The van der Waals surface area contributed by atoms with Crippen molar-refractivity contribution >= 4 is 5.69 Å². The van der Waals surface area contributed by atoms with Gasteiger partial charge in [-0.05, 0) is 31.4 Å². The van der Waals surface area contributed by atoms with Crippen LogP contribution in [0.1, 0.15) is 26.5 Å². The third-order valence-electron chi connectivity index (χ3n) is 3.33. The Hall–Kier alpha value is -2.11. The minimum atomic E-state index is -0.791. The normalized spacial score (nSPS) is 11.3. The lowest BCUT2D eigenvalue weighted by Gasteiger charge is -2.14. The van der Waals surface area contributed by atoms with Crippen molar-refractivity contribution in [2.75, 3.05) is 5.73 Å². The molecule has 0 fully saturated rings. The number of halogens is 2. The standard InChI is InChI=1S/C15H19F2N3O/c1-4-19-13(7-9(2)3)14(18)15(21)20(19)12-6-5-10(16)8-11(12)17/h5-6,8-9H,4,7,18H2,1-3H3. The number of rotatable bonds is 4. The smallest absolute Gasteiger partial charge is 0.294 e. The topological polar surface area (TPSA) is 52.9 Å². The highest BCUT2D eigenvalue weighted by Crippen LogP contribution is 2.19. The predicted octanol–water partition coefficient (Wildman–Crippen LogP) is 2.72. The highest BCUT2D eigenvalue weighted by Gasteiger charge is 2.20. The first kappa shape index (κ1) is 15.3. The largest absolute Gasteiger partial charge is 0.393 e. The Labute approximate surface area is 121 Å². The van der Waals surface area contributed by atoms with Crippen molar-refractivity contribution in [3.05, 3.63) is 45.9 Å². The van der Waals surface area contributed by atoms with Gasteiger partial charge in [0.15, 0.2) is 5.82 Å². The van der Waals surface area contributed by atoms with Crippen LogP contribution in [0.15, 0.2) is 23.0 Å². The summed E-state index contributed by atoms with van der Waals surface area (Å²) in [7, 11) is 0. The van der Waals surface area contributed by atoms with E-state index in [2.05, 4.69) is 0 Å². The molecule has 1 aromatic carbocycles. The van der Waals surface area contributed by atoms with Gasteiger partial charge in [0.25, 0.3) is 5.56 Å². The number of nitrogen functional groups attached to an aromatic ring is 1. The van der Waals surface area contributed by atoms with Crippen molar-refractivity contribution in [2.24, 2.45) is 5.92 Å². The van der Waals surface area contributed by atoms with Gasteiger partial charge in [0, 0.05) is 12.6 Å². The van der Waals surface area contributed by atoms with E-state index in [1.54, 1.807) is 4.68 Å². The van der Waals surface area contributed by atoms with Crippen LogP contribution in [0.25, 0.3) is 5.69 Å². The number of hydrogen-bond donors (Lipinski definition) is 1. The molecule has 0 saturated carbocycles. The van der Waals surface area contributed by atoms with Crippen molar-refractivity contribution < 1.29 is 8.78 Å². The monoisotopic (exact) mass is 295 g/mol. The van der Waals surface area contributed by atoms with E-state index >= 15 is 0 Å². The lowest BCUT2D eigenvalue weighted by Crippen LogP contribution is -2.23. The van der Waals surface area contributed by atoms with Gasteiger partial charge in [0.2, 0.25) is 0 Å². The van der Waals surface area contributed by atoms with Crippen molar-refractivity contribution in [1.29, 1.82) is 0 Å². The molecule has 0 aliphatic heterocycles. The first-order valence-electron chi connectivity index (χ1n) is 6.92. The zero-order valence-electron chi connectivity index (χ0n) is 12.4. The Kier molecular flexibility index (Phi) is 4.16. The minimum absolute atomic E-state index is 0.00459. The fourth-order valence-corrected chi connectivity index (χ4v) is 2.43. The highest BCUT2D eigenvalue weighted by molar-refractivity contribution is 5.46. The van der Waals surface area contributed by atoms with Gasteiger partial charge in [0.1, 0.15) is 17.2 Å². The van der Waals surface area contributed by atoms with Crippen LogP contribution in [0.3, 0.4) is 0 Å². The molecule has 2 aromatic rings. The molecule has 114 valence electrons. The molecule has 0 aliphatic carbocycles. The summed E-state index contributed by atoms with van der Waals surface area (Å²) in [4.78, 5) is 12.3. The number of anilines is 1. The van der Waals surface area contributed by atoms with Crippen molar-refractivity contribution in [3.8, 4) is 5.69 Å². The fraction of sp³-hybridized carbons (Fsp3) is 0.400.